The molecule has 0 radical (unpaired) electrons. The summed E-state index contributed by atoms with van der Waals surface area (Å²) in [5, 5.41) is 0. The molecule has 0 saturated heterocycles. The Kier molecular flexibility index (Phi) is 14.0. The maximum Gasteiger partial charge on any atom is 0.356 e. The minimum absolute atomic E-state index is 0.0965. The minimum atomic E-state index is -0.427. The number of hydroxylamine groups is 1. The molecule has 4 aromatic rings. The van der Waals surface area contributed by atoms with Gasteiger partial charge < -0.3 is 19.0 Å². The number of carbonyl (C=O) groups excluding carboxylic acids is 2. The molecule has 9 heteroatoms. The number of rotatable bonds is 18. The van der Waals surface area contributed by atoms with Crippen LogP contribution in [0.3, 0.4) is 0 Å². The summed E-state index contributed by atoms with van der Waals surface area (Å²) in [4.78, 5) is 31.0. The van der Waals surface area contributed by atoms with Crippen LogP contribution in [0.15, 0.2) is 97.1 Å². The number of unbranched alkanes of at least 4 members (excludes halogenated alkanes) is 1. The summed E-state index contributed by atoms with van der Waals surface area (Å²) in [5.41, 5.74) is 8.47. The summed E-state index contributed by atoms with van der Waals surface area (Å²) in [7, 11) is 3.22. The highest BCUT2D eigenvalue weighted by Crippen LogP contribution is 2.25. The molecule has 0 aliphatic rings. The first kappa shape index (κ1) is 34.6. The smallest absolute Gasteiger partial charge is 0.356 e. The number of benzene rings is 4. The lowest BCUT2D eigenvalue weighted by Gasteiger charge is -2.23. The summed E-state index contributed by atoms with van der Waals surface area (Å²) >= 11 is 3.96. The first-order valence-corrected chi connectivity index (χ1v) is 16.0. The van der Waals surface area contributed by atoms with Gasteiger partial charge in [-0.15, -0.1) is 12.6 Å². The van der Waals surface area contributed by atoms with E-state index in [9.17, 15) is 9.59 Å². The number of nitrogens with zero attached hydrogens (tertiary/aromatic N) is 1. The molecule has 0 bridgehead atoms. The molecule has 0 aliphatic carbocycles. The zero-order chi connectivity index (χ0) is 32.6. The van der Waals surface area contributed by atoms with Crippen LogP contribution in [0.25, 0.3) is 11.1 Å². The molecule has 0 amide bonds. The van der Waals surface area contributed by atoms with Crippen LogP contribution in [0, 0.1) is 0 Å². The van der Waals surface area contributed by atoms with Crippen molar-refractivity contribution in [3.05, 3.63) is 119 Å². The fraction of sp³-hybridized carbons (Fsp3) is 0.297. The molecule has 0 atom stereocenters. The van der Waals surface area contributed by atoms with Crippen LogP contribution >= 0.6 is 12.6 Å². The van der Waals surface area contributed by atoms with E-state index in [2.05, 4.69) is 65.5 Å². The van der Waals surface area contributed by atoms with E-state index in [1.54, 1.807) is 26.3 Å². The summed E-state index contributed by atoms with van der Waals surface area (Å²) in [6.07, 6.45) is 2.74. The number of hydrogen-bond acceptors (Lipinski definition) is 9. The van der Waals surface area contributed by atoms with Gasteiger partial charge in [-0.2, -0.15) is 5.48 Å². The maximum absolute atomic E-state index is 12.0. The van der Waals surface area contributed by atoms with Crippen molar-refractivity contribution in [2.45, 2.75) is 38.8 Å². The van der Waals surface area contributed by atoms with E-state index in [1.807, 2.05) is 42.5 Å². The van der Waals surface area contributed by atoms with Gasteiger partial charge in [-0.25, -0.2) is 4.79 Å². The van der Waals surface area contributed by atoms with Crippen LogP contribution in [0.4, 0.5) is 0 Å². The molecule has 0 aliphatic heterocycles. The Morgan fingerprint density at radius 2 is 1.48 bits per heavy atom. The molecule has 242 valence electrons. The molecular weight excluding hydrogens is 600 g/mol. The molecule has 0 saturated carbocycles. The topological polar surface area (TPSA) is 86.3 Å². The Labute approximate surface area is 277 Å². The lowest BCUT2D eigenvalue weighted by molar-refractivity contribution is -0.141. The summed E-state index contributed by atoms with van der Waals surface area (Å²) in [5.74, 6) is 1.14. The molecule has 0 fully saturated rings. The van der Waals surface area contributed by atoms with Crippen molar-refractivity contribution in [2.75, 3.05) is 33.2 Å². The van der Waals surface area contributed by atoms with E-state index in [0.29, 0.717) is 25.1 Å². The quantitative estimate of drug-likeness (QED) is 0.0400. The van der Waals surface area contributed by atoms with Crippen molar-refractivity contribution < 1.29 is 28.6 Å². The summed E-state index contributed by atoms with van der Waals surface area (Å²) < 4.78 is 16.5. The normalized spacial score (nSPS) is 10.9. The van der Waals surface area contributed by atoms with Gasteiger partial charge in [0.15, 0.2) is 0 Å². The molecule has 0 heterocycles. The Morgan fingerprint density at radius 3 is 2.15 bits per heavy atom. The van der Waals surface area contributed by atoms with Crippen LogP contribution in [0.1, 0.15) is 46.3 Å². The van der Waals surface area contributed by atoms with Gasteiger partial charge in [-0.3, -0.25) is 9.69 Å². The molecule has 8 nitrogen and oxygen atoms in total. The van der Waals surface area contributed by atoms with Crippen molar-refractivity contribution in [1.29, 1.82) is 0 Å². The lowest BCUT2D eigenvalue weighted by Crippen LogP contribution is -2.27. The second-order valence-electron chi connectivity index (χ2n) is 10.7. The highest BCUT2D eigenvalue weighted by molar-refractivity contribution is 7.80. The monoisotopic (exact) mass is 642 g/mol. The molecule has 0 unspecified atom stereocenters. The zero-order valence-electron chi connectivity index (χ0n) is 26.4. The average Bonchev–Trinajstić information content (AvgIpc) is 3.09. The van der Waals surface area contributed by atoms with Crippen molar-refractivity contribution in [2.24, 2.45) is 0 Å². The summed E-state index contributed by atoms with van der Waals surface area (Å²) in [6.45, 7) is 2.77. The Hall–Kier alpha value is -4.31. The third kappa shape index (κ3) is 10.9. The first-order valence-electron chi connectivity index (χ1n) is 15.4. The number of hydrogen-bond donors (Lipinski definition) is 2. The number of para-hydroxylation sites is 1. The largest absolute Gasteiger partial charge is 0.497 e. The van der Waals surface area contributed by atoms with Crippen LogP contribution < -0.4 is 15.0 Å². The molecular formula is C37H42N2O6S. The maximum atomic E-state index is 12.0. The van der Waals surface area contributed by atoms with Crippen LogP contribution in [0.2, 0.25) is 0 Å². The van der Waals surface area contributed by atoms with E-state index in [-0.39, 0.29) is 11.9 Å². The van der Waals surface area contributed by atoms with Gasteiger partial charge in [0.05, 0.1) is 12.7 Å². The predicted molar refractivity (Wildman–Crippen MR) is 183 cm³/mol. The molecule has 46 heavy (non-hydrogen) atoms. The van der Waals surface area contributed by atoms with E-state index < -0.39 is 5.97 Å². The molecule has 0 spiro atoms. The van der Waals surface area contributed by atoms with Crippen molar-refractivity contribution in [3.63, 3.8) is 0 Å². The van der Waals surface area contributed by atoms with Gasteiger partial charge in [0.1, 0.15) is 24.0 Å². The number of thiol groups is 1. The SMILES string of the molecule is CNOC(=O)c1ccc(CN(CCCCC(=O)OCS)CCc2ccccc2OCc2ccc(-c3ccc(OC)cc3)cc2)cc1. The van der Waals surface area contributed by atoms with Gasteiger partial charge in [0, 0.05) is 26.6 Å². The van der Waals surface area contributed by atoms with Crippen LogP contribution in [-0.4, -0.2) is 50.0 Å². The Morgan fingerprint density at radius 1 is 0.804 bits per heavy atom. The highest BCUT2D eigenvalue weighted by atomic mass is 32.1. The number of ether oxygens (including phenoxy) is 3. The highest BCUT2D eigenvalue weighted by Gasteiger charge is 2.12. The second-order valence-corrected chi connectivity index (χ2v) is 11.0. The lowest BCUT2D eigenvalue weighted by atomic mass is 10.0. The van der Waals surface area contributed by atoms with Gasteiger partial charge in [-0.1, -0.05) is 66.7 Å². The molecule has 1 N–H and O–H groups in total. The molecule has 0 aromatic heterocycles. The number of esters is 1. The van der Waals surface area contributed by atoms with Crippen LogP contribution in [-0.2, 0) is 33.9 Å². The van der Waals surface area contributed by atoms with E-state index >= 15 is 0 Å². The Balaban J connectivity index is 1.37. The van der Waals surface area contributed by atoms with E-state index in [1.165, 1.54) is 0 Å². The van der Waals surface area contributed by atoms with Crippen LogP contribution in [0.5, 0.6) is 11.5 Å². The Bertz CT molecular complexity index is 1510. The summed E-state index contributed by atoms with van der Waals surface area (Å²) in [6, 6.07) is 32.0. The number of carbonyl (C=O) groups is 2. The fourth-order valence-corrected chi connectivity index (χ4v) is 5.19. The predicted octanol–water partition coefficient (Wildman–Crippen LogP) is 6.88. The average molecular weight is 643 g/mol. The zero-order valence-corrected chi connectivity index (χ0v) is 27.3. The van der Waals surface area contributed by atoms with E-state index in [0.717, 1.165) is 71.7 Å². The van der Waals surface area contributed by atoms with Crippen molar-refractivity contribution in [3.8, 4) is 22.6 Å². The third-order valence-corrected chi connectivity index (χ3v) is 7.69. The molecule has 4 rings (SSSR count). The van der Waals surface area contributed by atoms with E-state index in [4.69, 9.17) is 19.0 Å². The fourth-order valence-electron chi connectivity index (χ4n) is 5.04. The third-order valence-electron chi connectivity index (χ3n) is 7.56. The van der Waals surface area contributed by atoms with Gasteiger partial charge in [-0.05, 0) is 84.0 Å². The number of methoxy groups -OCH3 is 1. The molecule has 4 aromatic carbocycles. The van der Waals surface area contributed by atoms with Crippen molar-refractivity contribution in [1.82, 2.24) is 10.4 Å². The minimum Gasteiger partial charge on any atom is -0.497 e. The standard InChI is InChI=1S/C37H42N2O6S/c1-38-45-37(41)33-16-10-28(11-17-33)25-39(23-6-5-9-36(40)44-27-46)24-22-32-7-3-4-8-35(32)43-26-29-12-14-30(15-13-29)31-18-20-34(42-2)21-19-31/h3-4,7-8,10-21,38,46H,5-6,9,22-27H2,1-2H3. The van der Waals surface area contributed by atoms with Gasteiger partial charge in [0.2, 0.25) is 0 Å². The second kappa shape index (κ2) is 18.6. The number of nitrogens with one attached hydrogen (secondary N) is 1. The first-order chi connectivity index (χ1) is 22.5. The van der Waals surface area contributed by atoms with Gasteiger partial charge >= 0.3 is 11.9 Å². The van der Waals surface area contributed by atoms with Gasteiger partial charge in [0.25, 0.3) is 0 Å². The van der Waals surface area contributed by atoms with Crippen molar-refractivity contribution >= 4 is 24.6 Å².